The highest BCUT2D eigenvalue weighted by atomic mass is 19.3. The lowest BCUT2D eigenvalue weighted by Gasteiger charge is -2.12. The van der Waals surface area contributed by atoms with E-state index in [0.717, 1.165) is 0 Å². The molecule has 0 saturated carbocycles. The van der Waals surface area contributed by atoms with Gasteiger partial charge in [-0.05, 0) is 72.2 Å². The summed E-state index contributed by atoms with van der Waals surface area (Å²) < 4.78 is 45.8. The van der Waals surface area contributed by atoms with Crippen molar-refractivity contribution in [2.45, 2.75) is 25.9 Å². The van der Waals surface area contributed by atoms with Gasteiger partial charge >= 0.3 is 11.9 Å². The number of nitrogens with two attached hydrogens (primary N) is 2. The molecule has 0 aromatic heterocycles. The molecule has 3 aromatic carbocycles. The number of halogens is 2. The van der Waals surface area contributed by atoms with Crippen molar-refractivity contribution in [1.82, 2.24) is 0 Å². The predicted octanol–water partition coefficient (Wildman–Crippen LogP) is 5.26. The van der Waals surface area contributed by atoms with E-state index in [4.69, 9.17) is 30.4 Å². The Balaban J connectivity index is 1.52. The minimum absolute atomic E-state index is 0.0316. The number of nitrogen functional groups attached to an aromatic ring is 2. The van der Waals surface area contributed by atoms with E-state index < -0.39 is 18.4 Å². The number of esters is 2. The van der Waals surface area contributed by atoms with Crippen LogP contribution in [0.3, 0.4) is 0 Å². The zero-order valence-corrected chi connectivity index (χ0v) is 20.7. The third-order valence-corrected chi connectivity index (χ3v) is 5.14. The summed E-state index contributed by atoms with van der Waals surface area (Å²) in [7, 11) is 1.41. The van der Waals surface area contributed by atoms with Gasteiger partial charge in [-0.3, -0.25) is 0 Å². The molecule has 0 unspecified atom stereocenters. The fourth-order valence-corrected chi connectivity index (χ4v) is 3.34. The number of hydrogen-bond acceptors (Lipinski definition) is 8. The number of hydrogen-bond donors (Lipinski definition) is 2. The van der Waals surface area contributed by atoms with Gasteiger partial charge in [0.25, 0.3) is 0 Å². The quantitative estimate of drug-likeness (QED) is 0.108. The number of carbonyl (C=O) groups is 2. The van der Waals surface area contributed by atoms with Crippen LogP contribution in [0.15, 0.2) is 66.7 Å². The molecule has 0 fully saturated rings. The van der Waals surface area contributed by atoms with E-state index in [-0.39, 0.29) is 37.4 Å². The Morgan fingerprint density at radius 3 is 2.32 bits per heavy atom. The molecule has 0 amide bonds. The molecule has 38 heavy (non-hydrogen) atoms. The van der Waals surface area contributed by atoms with Gasteiger partial charge in [-0.15, -0.1) is 0 Å². The molecule has 0 spiro atoms. The van der Waals surface area contributed by atoms with Crippen molar-refractivity contribution in [2.75, 3.05) is 25.2 Å². The summed E-state index contributed by atoms with van der Waals surface area (Å²) >= 11 is 0. The van der Waals surface area contributed by atoms with Gasteiger partial charge in [-0.25, -0.2) is 18.4 Å². The minimum atomic E-state index is -2.38. The summed E-state index contributed by atoms with van der Waals surface area (Å²) in [4.78, 5) is 24.6. The minimum Gasteiger partial charge on any atom is -0.493 e. The van der Waals surface area contributed by atoms with Crippen LogP contribution in [-0.2, 0) is 16.1 Å². The standard InChI is InChI=1S/C28H28F2N2O6/c1-35-25-15-20(7-10-24(25)36-12-2-3-26(29)30)28(34)38-23-8-4-18(5-9-23)6-11-27(33)37-17-19-13-21(31)16-22(32)14-19/h4-11,13-16,26H,2-3,12,17,31-32H2,1H3/b11-6+. The van der Waals surface area contributed by atoms with Crippen LogP contribution in [-0.4, -0.2) is 32.1 Å². The van der Waals surface area contributed by atoms with Crippen LogP contribution in [0.1, 0.15) is 34.3 Å². The average Bonchev–Trinajstić information content (AvgIpc) is 2.88. The van der Waals surface area contributed by atoms with Crippen LogP contribution in [0.2, 0.25) is 0 Å². The van der Waals surface area contributed by atoms with E-state index in [1.54, 1.807) is 48.5 Å². The second-order valence-corrected chi connectivity index (χ2v) is 8.15. The van der Waals surface area contributed by atoms with Crippen LogP contribution in [0.5, 0.6) is 17.2 Å². The molecule has 0 aliphatic carbocycles. The molecule has 10 heteroatoms. The molecule has 0 bridgehead atoms. The SMILES string of the molecule is COc1cc(C(=O)Oc2ccc(/C=C/C(=O)OCc3cc(N)cc(N)c3)cc2)ccc1OCCCC(F)F. The second kappa shape index (κ2) is 13.6. The fourth-order valence-electron chi connectivity index (χ4n) is 3.34. The van der Waals surface area contributed by atoms with Gasteiger partial charge in [0, 0.05) is 23.9 Å². The molecule has 0 aliphatic heterocycles. The molecular weight excluding hydrogens is 498 g/mol. The Bertz CT molecular complexity index is 1260. The monoisotopic (exact) mass is 526 g/mol. The molecule has 4 N–H and O–H groups in total. The Kier molecular flexibility index (Phi) is 10.0. The molecule has 0 atom stereocenters. The number of benzene rings is 3. The molecule has 8 nitrogen and oxygen atoms in total. The van der Waals surface area contributed by atoms with Gasteiger partial charge in [0.15, 0.2) is 11.5 Å². The molecule has 200 valence electrons. The molecule has 0 heterocycles. The van der Waals surface area contributed by atoms with Crippen LogP contribution in [0, 0.1) is 0 Å². The third kappa shape index (κ3) is 8.81. The van der Waals surface area contributed by atoms with E-state index in [1.807, 2.05) is 0 Å². The Morgan fingerprint density at radius 2 is 1.66 bits per heavy atom. The topological polar surface area (TPSA) is 123 Å². The number of ether oxygens (including phenoxy) is 4. The smallest absolute Gasteiger partial charge is 0.343 e. The van der Waals surface area contributed by atoms with E-state index in [0.29, 0.717) is 34.0 Å². The highest BCUT2D eigenvalue weighted by Crippen LogP contribution is 2.29. The van der Waals surface area contributed by atoms with Crippen molar-refractivity contribution in [3.05, 3.63) is 83.4 Å². The predicted molar refractivity (Wildman–Crippen MR) is 139 cm³/mol. The van der Waals surface area contributed by atoms with Crippen molar-refractivity contribution in [2.24, 2.45) is 0 Å². The van der Waals surface area contributed by atoms with Gasteiger partial charge in [0.1, 0.15) is 12.4 Å². The number of methoxy groups -OCH3 is 1. The lowest BCUT2D eigenvalue weighted by atomic mass is 10.2. The largest absolute Gasteiger partial charge is 0.493 e. The molecule has 0 aliphatic rings. The second-order valence-electron chi connectivity index (χ2n) is 8.15. The summed E-state index contributed by atoms with van der Waals surface area (Å²) in [5.74, 6) is -0.258. The lowest BCUT2D eigenvalue weighted by Crippen LogP contribution is -2.09. The van der Waals surface area contributed by atoms with Crippen LogP contribution < -0.4 is 25.7 Å². The normalized spacial score (nSPS) is 10.9. The summed E-state index contributed by atoms with van der Waals surface area (Å²) in [6.07, 6.45) is 0.388. The van der Waals surface area contributed by atoms with Crippen LogP contribution >= 0.6 is 0 Å². The van der Waals surface area contributed by atoms with Crippen LogP contribution in [0.25, 0.3) is 6.08 Å². The Labute approximate surface area is 218 Å². The molecule has 0 radical (unpaired) electrons. The van der Waals surface area contributed by atoms with Crippen molar-refractivity contribution in [3.63, 3.8) is 0 Å². The molecule has 0 saturated heterocycles. The van der Waals surface area contributed by atoms with E-state index >= 15 is 0 Å². The van der Waals surface area contributed by atoms with Crippen molar-refractivity contribution in [3.8, 4) is 17.2 Å². The number of carbonyl (C=O) groups excluding carboxylic acids is 2. The number of rotatable bonds is 12. The van der Waals surface area contributed by atoms with Crippen LogP contribution in [0.4, 0.5) is 20.2 Å². The maximum atomic E-state index is 12.6. The Morgan fingerprint density at radius 1 is 0.947 bits per heavy atom. The van der Waals surface area contributed by atoms with Gasteiger partial charge in [-0.2, -0.15) is 0 Å². The summed E-state index contributed by atoms with van der Waals surface area (Å²) in [5.41, 5.74) is 14.0. The first kappa shape index (κ1) is 28.0. The van der Waals surface area contributed by atoms with Gasteiger partial charge in [0.05, 0.1) is 19.3 Å². The highest BCUT2D eigenvalue weighted by Gasteiger charge is 2.14. The maximum Gasteiger partial charge on any atom is 0.343 e. The Hall–Kier alpha value is -4.60. The number of alkyl halides is 2. The van der Waals surface area contributed by atoms with Gasteiger partial charge < -0.3 is 30.4 Å². The lowest BCUT2D eigenvalue weighted by molar-refractivity contribution is -0.138. The zero-order chi connectivity index (χ0) is 27.5. The zero-order valence-electron chi connectivity index (χ0n) is 20.7. The van der Waals surface area contributed by atoms with E-state index in [1.165, 1.54) is 31.4 Å². The fraction of sp³-hybridized carbons (Fsp3) is 0.214. The molecule has 3 rings (SSSR count). The van der Waals surface area contributed by atoms with Crippen molar-refractivity contribution in [1.29, 1.82) is 0 Å². The van der Waals surface area contributed by atoms with Gasteiger partial charge in [-0.1, -0.05) is 12.1 Å². The summed E-state index contributed by atoms with van der Waals surface area (Å²) in [5, 5.41) is 0. The first-order valence-electron chi connectivity index (χ1n) is 11.6. The molecular formula is C28H28F2N2O6. The van der Waals surface area contributed by atoms with Crippen molar-refractivity contribution >= 4 is 29.4 Å². The maximum absolute atomic E-state index is 12.6. The third-order valence-electron chi connectivity index (χ3n) is 5.14. The van der Waals surface area contributed by atoms with E-state index in [2.05, 4.69) is 0 Å². The van der Waals surface area contributed by atoms with Gasteiger partial charge in [0.2, 0.25) is 6.43 Å². The first-order chi connectivity index (χ1) is 18.2. The molecule has 3 aromatic rings. The number of anilines is 2. The van der Waals surface area contributed by atoms with E-state index in [9.17, 15) is 18.4 Å². The van der Waals surface area contributed by atoms with Crippen molar-refractivity contribution < 1.29 is 37.3 Å². The average molecular weight is 527 g/mol. The highest BCUT2D eigenvalue weighted by molar-refractivity contribution is 5.92. The first-order valence-corrected chi connectivity index (χ1v) is 11.6. The summed E-state index contributed by atoms with van der Waals surface area (Å²) in [6.45, 7) is 0.129. The summed E-state index contributed by atoms with van der Waals surface area (Å²) in [6, 6.07) is 15.9.